The second kappa shape index (κ2) is 9.45. The maximum absolute atomic E-state index is 13.3. The predicted octanol–water partition coefficient (Wildman–Crippen LogP) is 1.19. The maximum Gasteiger partial charge on any atom is 0.270 e. The number of likely N-dealkylation sites (N-methyl/N-ethyl adjacent to an activating group) is 1. The minimum atomic E-state index is -3.18. The van der Waals surface area contributed by atoms with E-state index in [1.165, 1.54) is 4.90 Å². The SMILES string of the molecule is CCn1c(N2CCN(C)CC2)c(/C=C2\SC(=S)N(C3CCS(=O)(=O)C3)C2=O)c(C)c(C#N)c1=O. The number of aromatic nitrogens is 1. The Morgan fingerprint density at radius 1 is 1.24 bits per heavy atom. The van der Waals surface area contributed by atoms with Crippen LogP contribution in [0.1, 0.15) is 30.0 Å². The molecule has 0 bridgehead atoms. The Balaban J connectivity index is 1.82. The Bertz CT molecular complexity index is 1290. The lowest BCUT2D eigenvalue weighted by Crippen LogP contribution is -2.47. The van der Waals surface area contributed by atoms with Crippen LogP contribution in [0.5, 0.6) is 0 Å². The third-order valence-corrected chi connectivity index (χ3v) is 9.72. The van der Waals surface area contributed by atoms with Gasteiger partial charge in [-0.05, 0) is 39.0 Å². The van der Waals surface area contributed by atoms with Crippen LogP contribution in [0.25, 0.3) is 6.08 Å². The molecular formula is C22H27N5O4S3. The van der Waals surface area contributed by atoms with Gasteiger partial charge in [0.25, 0.3) is 11.5 Å². The van der Waals surface area contributed by atoms with E-state index < -0.39 is 15.9 Å². The van der Waals surface area contributed by atoms with Gasteiger partial charge in [-0.1, -0.05) is 24.0 Å². The van der Waals surface area contributed by atoms with Crippen molar-refractivity contribution in [1.82, 2.24) is 14.4 Å². The summed E-state index contributed by atoms with van der Waals surface area (Å²) in [7, 11) is -1.13. The van der Waals surface area contributed by atoms with Crippen LogP contribution >= 0.6 is 24.0 Å². The summed E-state index contributed by atoms with van der Waals surface area (Å²) in [4.78, 5) is 32.6. The van der Waals surface area contributed by atoms with E-state index in [2.05, 4.69) is 9.80 Å². The summed E-state index contributed by atoms with van der Waals surface area (Å²) in [5.41, 5.74) is 0.905. The quantitative estimate of drug-likeness (QED) is 0.427. The number of amides is 1. The van der Waals surface area contributed by atoms with Crippen LogP contribution in [0, 0.1) is 18.3 Å². The van der Waals surface area contributed by atoms with Crippen LogP contribution in [-0.2, 0) is 21.2 Å². The van der Waals surface area contributed by atoms with E-state index in [1.54, 1.807) is 17.6 Å². The summed E-state index contributed by atoms with van der Waals surface area (Å²) < 4.78 is 25.9. The highest BCUT2D eigenvalue weighted by Gasteiger charge is 2.42. The molecule has 1 aromatic rings. The largest absolute Gasteiger partial charge is 0.355 e. The number of rotatable bonds is 4. The molecule has 0 saturated carbocycles. The van der Waals surface area contributed by atoms with Gasteiger partial charge in [0, 0.05) is 38.3 Å². The van der Waals surface area contributed by atoms with Gasteiger partial charge in [-0.2, -0.15) is 5.26 Å². The highest BCUT2D eigenvalue weighted by molar-refractivity contribution is 8.26. The van der Waals surface area contributed by atoms with Gasteiger partial charge < -0.3 is 9.80 Å². The highest BCUT2D eigenvalue weighted by atomic mass is 32.2. The standard InChI is InChI=1S/C22H27N5O4S3/c1-4-26-19(25-8-6-24(3)7-9-25)16(14(2)17(12-23)20(26)28)11-18-21(29)27(22(32)33-18)15-5-10-34(30,31)13-15/h11,15H,4-10,13H2,1-3H3/b18-11-. The first kappa shape index (κ1) is 24.9. The number of hydrogen-bond acceptors (Lipinski definition) is 9. The lowest BCUT2D eigenvalue weighted by Gasteiger charge is -2.36. The molecular weight excluding hydrogens is 494 g/mol. The monoisotopic (exact) mass is 521 g/mol. The number of carbonyl (C=O) groups is 1. The fourth-order valence-corrected chi connectivity index (χ4v) is 7.78. The summed E-state index contributed by atoms with van der Waals surface area (Å²) in [6, 6.07) is 1.58. The smallest absolute Gasteiger partial charge is 0.270 e. The number of sulfone groups is 1. The average Bonchev–Trinajstić information content (AvgIpc) is 3.28. The zero-order valence-corrected chi connectivity index (χ0v) is 21.9. The lowest BCUT2D eigenvalue weighted by molar-refractivity contribution is -0.123. The number of thiocarbonyl (C=S) groups is 1. The van der Waals surface area contributed by atoms with E-state index in [9.17, 15) is 23.3 Å². The van der Waals surface area contributed by atoms with E-state index in [0.717, 1.165) is 24.9 Å². The Kier molecular flexibility index (Phi) is 6.92. The number of nitrogens with zero attached hydrogens (tertiary/aromatic N) is 5. The van der Waals surface area contributed by atoms with E-state index in [1.807, 2.05) is 20.0 Å². The van der Waals surface area contributed by atoms with Gasteiger partial charge in [-0.15, -0.1) is 0 Å². The summed E-state index contributed by atoms with van der Waals surface area (Å²) in [5.74, 6) is 0.338. The Hall–Kier alpha value is -2.20. The maximum atomic E-state index is 13.3. The van der Waals surface area contributed by atoms with E-state index in [4.69, 9.17) is 12.2 Å². The van der Waals surface area contributed by atoms with Gasteiger partial charge in [0.2, 0.25) is 0 Å². The van der Waals surface area contributed by atoms with Crippen molar-refractivity contribution in [2.75, 3.05) is 49.6 Å². The molecule has 3 fully saturated rings. The Morgan fingerprint density at radius 2 is 1.91 bits per heavy atom. The first-order valence-electron chi connectivity index (χ1n) is 11.2. The van der Waals surface area contributed by atoms with Crippen molar-refractivity contribution in [3.05, 3.63) is 31.9 Å². The van der Waals surface area contributed by atoms with Crippen molar-refractivity contribution < 1.29 is 13.2 Å². The fourth-order valence-electron chi connectivity index (χ4n) is 4.70. The molecule has 3 saturated heterocycles. The van der Waals surface area contributed by atoms with Crippen molar-refractivity contribution >= 4 is 55.9 Å². The van der Waals surface area contributed by atoms with Crippen LogP contribution in [0.3, 0.4) is 0 Å². The fraction of sp³-hybridized carbons (Fsp3) is 0.545. The number of thioether (sulfide) groups is 1. The molecule has 4 rings (SSSR count). The zero-order valence-electron chi connectivity index (χ0n) is 19.4. The van der Waals surface area contributed by atoms with Crippen LogP contribution < -0.4 is 10.5 Å². The number of anilines is 1. The summed E-state index contributed by atoms with van der Waals surface area (Å²) in [5, 5.41) is 9.71. The number of piperazine rings is 1. The highest BCUT2D eigenvalue weighted by Crippen LogP contribution is 2.38. The predicted molar refractivity (Wildman–Crippen MR) is 138 cm³/mol. The second-order valence-corrected chi connectivity index (χ2v) is 12.7. The molecule has 1 aromatic heterocycles. The minimum absolute atomic E-state index is 0.0490. The molecule has 3 aliphatic heterocycles. The van der Waals surface area contributed by atoms with E-state index in [-0.39, 0.29) is 28.5 Å². The molecule has 0 aliphatic carbocycles. The zero-order chi connectivity index (χ0) is 24.8. The summed E-state index contributed by atoms with van der Waals surface area (Å²) in [6.45, 7) is 7.06. The molecule has 1 atom stereocenters. The molecule has 0 N–H and O–H groups in total. The van der Waals surface area contributed by atoms with Crippen molar-refractivity contribution in [3.8, 4) is 6.07 Å². The molecule has 182 valence electrons. The molecule has 4 heterocycles. The van der Waals surface area contributed by atoms with Gasteiger partial charge in [-0.25, -0.2) is 8.42 Å². The van der Waals surface area contributed by atoms with Gasteiger partial charge in [0.1, 0.15) is 21.8 Å². The number of pyridine rings is 1. The molecule has 12 heteroatoms. The van der Waals surface area contributed by atoms with Crippen molar-refractivity contribution in [1.29, 1.82) is 5.26 Å². The van der Waals surface area contributed by atoms with Gasteiger partial charge in [-0.3, -0.25) is 19.1 Å². The van der Waals surface area contributed by atoms with Crippen LogP contribution in [0.2, 0.25) is 0 Å². The van der Waals surface area contributed by atoms with Crippen LogP contribution in [0.15, 0.2) is 9.70 Å². The molecule has 0 radical (unpaired) electrons. The minimum Gasteiger partial charge on any atom is -0.355 e. The van der Waals surface area contributed by atoms with Gasteiger partial charge >= 0.3 is 0 Å². The van der Waals surface area contributed by atoms with Gasteiger partial charge in [0.05, 0.1) is 22.5 Å². The number of nitriles is 1. The van der Waals surface area contributed by atoms with Crippen LogP contribution in [0.4, 0.5) is 5.82 Å². The third-order valence-electron chi connectivity index (χ3n) is 6.64. The second-order valence-electron chi connectivity index (χ2n) is 8.80. The molecule has 3 aliphatic rings. The third kappa shape index (κ3) is 4.42. The molecule has 9 nitrogen and oxygen atoms in total. The van der Waals surface area contributed by atoms with E-state index >= 15 is 0 Å². The average molecular weight is 522 g/mol. The first-order chi connectivity index (χ1) is 16.1. The molecule has 1 unspecified atom stereocenters. The topological polar surface area (TPSA) is 107 Å². The lowest BCUT2D eigenvalue weighted by atomic mass is 10.0. The van der Waals surface area contributed by atoms with Crippen molar-refractivity contribution in [3.63, 3.8) is 0 Å². The molecule has 1 amide bonds. The Morgan fingerprint density at radius 3 is 2.47 bits per heavy atom. The molecule has 0 aromatic carbocycles. The number of carbonyl (C=O) groups excluding carboxylic acids is 1. The molecule has 0 spiro atoms. The number of hydrogen-bond donors (Lipinski definition) is 0. The molecule has 34 heavy (non-hydrogen) atoms. The van der Waals surface area contributed by atoms with Crippen molar-refractivity contribution in [2.45, 2.75) is 32.9 Å². The van der Waals surface area contributed by atoms with Crippen molar-refractivity contribution in [2.24, 2.45) is 0 Å². The van der Waals surface area contributed by atoms with E-state index in [0.29, 0.717) is 52.2 Å². The summed E-state index contributed by atoms with van der Waals surface area (Å²) in [6.07, 6.45) is 2.09. The first-order valence-corrected chi connectivity index (χ1v) is 14.2. The normalized spacial score (nSPS) is 24.3. The van der Waals surface area contributed by atoms with Crippen LogP contribution in [-0.4, -0.2) is 83.8 Å². The Labute approximate surface area is 208 Å². The van der Waals surface area contributed by atoms with Gasteiger partial charge in [0.15, 0.2) is 9.84 Å². The summed E-state index contributed by atoms with van der Waals surface area (Å²) >= 11 is 6.59.